The van der Waals surface area contributed by atoms with Crippen LogP contribution in [-0.2, 0) is 16.1 Å². The highest BCUT2D eigenvalue weighted by molar-refractivity contribution is 6.32. The van der Waals surface area contributed by atoms with Crippen molar-refractivity contribution in [3.63, 3.8) is 0 Å². The van der Waals surface area contributed by atoms with Gasteiger partial charge in [0.05, 0.1) is 6.61 Å². The van der Waals surface area contributed by atoms with E-state index in [0.717, 1.165) is 11.6 Å². The summed E-state index contributed by atoms with van der Waals surface area (Å²) in [6.45, 7) is 0.0179. The third kappa shape index (κ3) is 3.63. The predicted octanol–water partition coefficient (Wildman–Crippen LogP) is 3.89. The Labute approximate surface area is 160 Å². The van der Waals surface area contributed by atoms with Crippen molar-refractivity contribution in [2.75, 3.05) is 0 Å². The monoisotopic (exact) mass is 385 g/mol. The fourth-order valence-electron chi connectivity index (χ4n) is 3.03. The SMILES string of the molecule is O=C(O)C1([N+](=O)[O-])C=C(Cl)C=C(c2ccccc2)C1OCc1ccccc1. The van der Waals surface area contributed by atoms with E-state index in [1.165, 1.54) is 6.08 Å². The Bertz CT molecular complexity index is 894. The molecule has 0 aliphatic heterocycles. The Morgan fingerprint density at radius 3 is 2.30 bits per heavy atom. The van der Waals surface area contributed by atoms with E-state index in [9.17, 15) is 20.0 Å². The van der Waals surface area contributed by atoms with Gasteiger partial charge in [-0.05, 0) is 22.8 Å². The quantitative estimate of drug-likeness (QED) is 0.601. The standard InChI is InChI=1S/C20H16ClNO5/c21-16-11-17(15-9-5-2-6-10-15)18(20(12-16,19(23)24)22(25)26)27-13-14-7-3-1-4-8-14/h1-12,18H,13H2,(H,23,24). The predicted molar refractivity (Wildman–Crippen MR) is 101 cm³/mol. The van der Waals surface area contributed by atoms with Gasteiger partial charge in [0.1, 0.15) is 0 Å². The number of nitro groups is 1. The van der Waals surface area contributed by atoms with Crippen LogP contribution in [0.3, 0.4) is 0 Å². The van der Waals surface area contributed by atoms with Gasteiger partial charge in [0.25, 0.3) is 0 Å². The van der Waals surface area contributed by atoms with Crippen LogP contribution >= 0.6 is 11.6 Å². The maximum atomic E-state index is 12.0. The summed E-state index contributed by atoms with van der Waals surface area (Å²) in [6.07, 6.45) is 1.09. The molecule has 6 nitrogen and oxygen atoms in total. The van der Waals surface area contributed by atoms with Gasteiger partial charge in [-0.3, -0.25) is 10.1 Å². The van der Waals surface area contributed by atoms with Crippen LogP contribution in [0.1, 0.15) is 11.1 Å². The van der Waals surface area contributed by atoms with Crippen LogP contribution in [0.25, 0.3) is 5.57 Å². The van der Waals surface area contributed by atoms with E-state index < -0.39 is 22.5 Å². The van der Waals surface area contributed by atoms with E-state index in [2.05, 4.69) is 0 Å². The number of allylic oxidation sites excluding steroid dienone is 2. The van der Waals surface area contributed by atoms with Crippen molar-refractivity contribution >= 4 is 23.1 Å². The summed E-state index contributed by atoms with van der Waals surface area (Å²) in [4.78, 5) is 23.0. The summed E-state index contributed by atoms with van der Waals surface area (Å²) < 4.78 is 5.83. The molecule has 0 fully saturated rings. The molecule has 7 heteroatoms. The molecule has 0 aromatic heterocycles. The van der Waals surface area contributed by atoms with Crippen molar-refractivity contribution in [3.8, 4) is 0 Å². The molecule has 3 rings (SSSR count). The number of benzene rings is 2. The number of carboxylic acid groups (broad SMARTS) is 1. The van der Waals surface area contributed by atoms with Gasteiger partial charge >= 0.3 is 11.5 Å². The number of ether oxygens (including phenoxy) is 1. The van der Waals surface area contributed by atoms with Gasteiger partial charge < -0.3 is 9.84 Å². The van der Waals surface area contributed by atoms with Gasteiger partial charge in [0.2, 0.25) is 0 Å². The Morgan fingerprint density at radius 2 is 1.74 bits per heavy atom. The molecule has 2 aromatic rings. The molecule has 2 unspecified atom stereocenters. The van der Waals surface area contributed by atoms with Gasteiger partial charge in [-0.15, -0.1) is 0 Å². The molecule has 0 saturated carbocycles. The van der Waals surface area contributed by atoms with Crippen molar-refractivity contribution in [3.05, 3.63) is 99.1 Å². The highest BCUT2D eigenvalue weighted by atomic mass is 35.5. The average molecular weight is 386 g/mol. The molecular formula is C20H16ClNO5. The zero-order valence-corrected chi connectivity index (χ0v) is 14.9. The summed E-state index contributed by atoms with van der Waals surface area (Å²) >= 11 is 6.08. The van der Waals surface area contributed by atoms with Crippen LogP contribution in [0.5, 0.6) is 0 Å². The van der Waals surface area contributed by atoms with Gasteiger partial charge in [0, 0.05) is 16.0 Å². The molecule has 0 heterocycles. The van der Waals surface area contributed by atoms with Crippen LogP contribution in [0.2, 0.25) is 0 Å². The van der Waals surface area contributed by atoms with Gasteiger partial charge in [0.15, 0.2) is 6.10 Å². The summed E-state index contributed by atoms with van der Waals surface area (Å²) in [6, 6.07) is 17.8. The lowest BCUT2D eigenvalue weighted by Crippen LogP contribution is -2.56. The van der Waals surface area contributed by atoms with Crippen molar-refractivity contribution in [2.45, 2.75) is 18.2 Å². The van der Waals surface area contributed by atoms with Crippen molar-refractivity contribution in [1.82, 2.24) is 0 Å². The third-order valence-electron chi connectivity index (χ3n) is 4.34. The normalized spacial score (nSPS) is 21.9. The molecule has 1 aliphatic carbocycles. The lowest BCUT2D eigenvalue weighted by atomic mass is 9.81. The van der Waals surface area contributed by atoms with E-state index in [1.807, 2.05) is 18.2 Å². The summed E-state index contributed by atoms with van der Waals surface area (Å²) in [7, 11) is 0. The van der Waals surface area contributed by atoms with Crippen molar-refractivity contribution in [1.29, 1.82) is 0 Å². The maximum Gasteiger partial charge on any atom is 0.390 e. The fraction of sp³-hybridized carbons (Fsp3) is 0.150. The molecule has 0 saturated heterocycles. The number of halogens is 1. The van der Waals surface area contributed by atoms with Crippen LogP contribution in [0, 0.1) is 10.1 Å². The number of carbonyl (C=O) groups is 1. The summed E-state index contributed by atoms with van der Waals surface area (Å²) in [5.74, 6) is -1.63. The molecule has 0 bridgehead atoms. The number of hydrogen-bond acceptors (Lipinski definition) is 4. The zero-order chi connectivity index (χ0) is 19.4. The smallest absolute Gasteiger partial charge is 0.390 e. The minimum atomic E-state index is -2.52. The first-order valence-corrected chi connectivity index (χ1v) is 8.51. The van der Waals surface area contributed by atoms with Crippen LogP contribution in [0.4, 0.5) is 0 Å². The first-order chi connectivity index (χ1) is 12.9. The molecule has 2 atom stereocenters. The Morgan fingerprint density at radius 1 is 1.15 bits per heavy atom. The van der Waals surface area contributed by atoms with E-state index in [-0.39, 0.29) is 11.6 Å². The third-order valence-corrected chi connectivity index (χ3v) is 4.56. The van der Waals surface area contributed by atoms with Gasteiger partial charge in [-0.25, -0.2) is 4.79 Å². The second-order valence-electron chi connectivity index (χ2n) is 6.06. The first kappa shape index (κ1) is 18.8. The number of carboxylic acids is 1. The number of rotatable bonds is 6. The number of hydrogen-bond donors (Lipinski definition) is 1. The lowest BCUT2D eigenvalue weighted by molar-refractivity contribution is -0.551. The molecule has 0 amide bonds. The molecule has 2 aromatic carbocycles. The topological polar surface area (TPSA) is 89.7 Å². The molecule has 1 N–H and O–H groups in total. The Hall–Kier alpha value is -2.96. The Balaban J connectivity index is 2.08. The summed E-state index contributed by atoms with van der Waals surface area (Å²) in [5.41, 5.74) is -0.799. The van der Waals surface area contributed by atoms with Crippen molar-refractivity contribution in [2.24, 2.45) is 0 Å². The van der Waals surface area contributed by atoms with E-state index in [4.69, 9.17) is 16.3 Å². The highest BCUT2D eigenvalue weighted by Gasteiger charge is 2.60. The first-order valence-electron chi connectivity index (χ1n) is 8.14. The van der Waals surface area contributed by atoms with Gasteiger partial charge in [-0.1, -0.05) is 72.3 Å². The van der Waals surface area contributed by atoms with E-state index in [0.29, 0.717) is 11.1 Å². The lowest BCUT2D eigenvalue weighted by Gasteiger charge is -2.32. The molecule has 1 aliphatic rings. The minimum Gasteiger partial charge on any atom is -0.476 e. The van der Waals surface area contributed by atoms with Crippen LogP contribution < -0.4 is 0 Å². The van der Waals surface area contributed by atoms with E-state index in [1.54, 1.807) is 42.5 Å². The highest BCUT2D eigenvalue weighted by Crippen LogP contribution is 2.39. The molecule has 27 heavy (non-hydrogen) atoms. The second-order valence-corrected chi connectivity index (χ2v) is 6.50. The second kappa shape index (κ2) is 7.73. The van der Waals surface area contributed by atoms with Crippen molar-refractivity contribution < 1.29 is 19.6 Å². The Kier molecular flexibility index (Phi) is 5.39. The average Bonchev–Trinajstić information content (AvgIpc) is 2.67. The molecule has 0 radical (unpaired) electrons. The zero-order valence-electron chi connectivity index (χ0n) is 14.1. The van der Waals surface area contributed by atoms with E-state index >= 15 is 0 Å². The minimum absolute atomic E-state index is 0.0179. The van der Waals surface area contributed by atoms with Crippen LogP contribution in [0.15, 0.2) is 77.8 Å². The van der Waals surface area contributed by atoms with Crippen LogP contribution in [-0.4, -0.2) is 27.6 Å². The molecule has 138 valence electrons. The molecule has 0 spiro atoms. The maximum absolute atomic E-state index is 12.0. The number of nitrogens with zero attached hydrogens (tertiary/aromatic N) is 1. The fourth-order valence-corrected chi connectivity index (χ4v) is 3.31. The largest absolute Gasteiger partial charge is 0.476 e. The number of aliphatic carboxylic acids is 1. The van der Waals surface area contributed by atoms with Gasteiger partial charge in [-0.2, -0.15) is 0 Å². The molecular weight excluding hydrogens is 370 g/mol. The summed E-state index contributed by atoms with van der Waals surface area (Å²) in [5, 5.41) is 21.6.